The van der Waals surface area contributed by atoms with Crippen LogP contribution in [0.2, 0.25) is 10.0 Å². The zero-order valence-electron chi connectivity index (χ0n) is 14.8. The van der Waals surface area contributed by atoms with Crippen LogP contribution in [-0.4, -0.2) is 50.6 Å². The van der Waals surface area contributed by atoms with E-state index in [-0.39, 0.29) is 11.8 Å². The largest absolute Gasteiger partial charge is 0.481 e. The molecule has 6 atom stereocenters. The second-order valence-corrected chi connectivity index (χ2v) is 8.88. The van der Waals surface area contributed by atoms with E-state index >= 15 is 0 Å². The molecular formula is C17H18Cl2N4O5S. The van der Waals surface area contributed by atoms with Crippen LogP contribution in [0.5, 0.6) is 0 Å². The standard InChI is InChI=1S/C17H18Cl2N4O5S/c18-7-2-1-6(3-8(7)19)4-28-13-12(29-16(21)23-5-20)9-10(14(24)25)11(9)17(13,22)15(26)27/h1-3,5,9-13H,4,22H2,(H,24,25)(H,26,27)(H3,20,21,23). The van der Waals surface area contributed by atoms with E-state index in [0.717, 1.165) is 18.1 Å². The lowest BCUT2D eigenvalue weighted by atomic mass is 9.88. The molecule has 2 aliphatic carbocycles. The molecule has 9 nitrogen and oxygen atoms in total. The van der Waals surface area contributed by atoms with Crippen LogP contribution in [-0.2, 0) is 20.9 Å². The van der Waals surface area contributed by atoms with E-state index in [1.807, 2.05) is 0 Å². The molecule has 0 spiro atoms. The van der Waals surface area contributed by atoms with Gasteiger partial charge in [-0.15, -0.1) is 0 Å². The van der Waals surface area contributed by atoms with Crippen LogP contribution in [0.25, 0.3) is 0 Å². The minimum atomic E-state index is -1.91. The van der Waals surface area contributed by atoms with Gasteiger partial charge >= 0.3 is 11.9 Å². The van der Waals surface area contributed by atoms with Gasteiger partial charge in [0.2, 0.25) is 0 Å². The molecule has 0 amide bonds. The summed E-state index contributed by atoms with van der Waals surface area (Å²) in [5.74, 6) is -4.72. The smallest absolute Gasteiger partial charge is 0.326 e. The fourth-order valence-electron chi connectivity index (χ4n) is 4.03. The van der Waals surface area contributed by atoms with Crippen molar-refractivity contribution in [3.8, 4) is 0 Å². The number of rotatable bonds is 7. The number of aliphatic imine (C=N–C) groups is 1. The van der Waals surface area contributed by atoms with Gasteiger partial charge in [-0.1, -0.05) is 41.0 Å². The number of nitrogens with zero attached hydrogens (tertiary/aromatic N) is 1. The Labute approximate surface area is 179 Å². The van der Waals surface area contributed by atoms with E-state index in [1.165, 1.54) is 0 Å². The quantitative estimate of drug-likeness (QED) is 0.301. The number of fused-ring (bicyclic) bond motifs is 1. The summed E-state index contributed by atoms with van der Waals surface area (Å²) < 4.78 is 5.89. The average molecular weight is 461 g/mol. The first kappa shape index (κ1) is 21.8. The maximum Gasteiger partial charge on any atom is 0.326 e. The lowest BCUT2D eigenvalue weighted by Crippen LogP contribution is -2.61. The van der Waals surface area contributed by atoms with Gasteiger partial charge < -0.3 is 26.4 Å². The number of ether oxygens (including phenoxy) is 1. The van der Waals surface area contributed by atoms with Crippen molar-refractivity contribution in [2.75, 3.05) is 0 Å². The second-order valence-electron chi connectivity index (χ2n) is 6.86. The van der Waals surface area contributed by atoms with Gasteiger partial charge in [-0.25, -0.2) is 4.99 Å². The van der Waals surface area contributed by atoms with Gasteiger partial charge in [0.15, 0.2) is 5.17 Å². The maximum absolute atomic E-state index is 12.1. The molecule has 0 radical (unpaired) electrons. The lowest BCUT2D eigenvalue weighted by Gasteiger charge is -2.34. The third-order valence-corrected chi connectivity index (χ3v) is 7.21. The molecular weight excluding hydrogens is 443 g/mol. The summed E-state index contributed by atoms with van der Waals surface area (Å²) in [7, 11) is 0. The number of carboxylic acids is 2. The van der Waals surface area contributed by atoms with E-state index in [4.69, 9.17) is 44.8 Å². The predicted molar refractivity (Wildman–Crippen MR) is 109 cm³/mol. The summed E-state index contributed by atoms with van der Waals surface area (Å²) in [6.07, 6.45) is -0.293. The highest BCUT2D eigenvalue weighted by Gasteiger charge is 2.78. The normalized spacial score (nSPS) is 33.2. The molecule has 3 rings (SSSR count). The fraction of sp³-hybridized carbons (Fsp3) is 0.412. The molecule has 12 heteroatoms. The van der Waals surface area contributed by atoms with Crippen molar-refractivity contribution in [1.82, 2.24) is 0 Å². The molecule has 156 valence electrons. The molecule has 0 saturated heterocycles. The third kappa shape index (κ3) is 3.82. The van der Waals surface area contributed by atoms with Gasteiger partial charge in [-0.2, -0.15) is 0 Å². The molecule has 7 N–H and O–H groups in total. The Kier molecular flexibility index (Phi) is 6.11. The molecule has 2 saturated carbocycles. The number of benzene rings is 1. The highest BCUT2D eigenvalue weighted by Crippen LogP contribution is 2.65. The molecule has 0 aliphatic heterocycles. The number of thioether (sulfide) groups is 1. The number of carbonyl (C=O) groups is 2. The molecule has 29 heavy (non-hydrogen) atoms. The Hall–Kier alpha value is -1.85. The molecule has 0 bridgehead atoms. The first-order chi connectivity index (χ1) is 13.6. The molecule has 1 aromatic rings. The van der Waals surface area contributed by atoms with E-state index in [2.05, 4.69) is 4.99 Å². The molecule has 0 heterocycles. The topological polar surface area (TPSA) is 172 Å². The number of hydrogen-bond acceptors (Lipinski definition) is 6. The monoisotopic (exact) mass is 460 g/mol. The number of carboxylic acid groups (broad SMARTS) is 2. The van der Waals surface area contributed by atoms with E-state index in [1.54, 1.807) is 18.2 Å². The Morgan fingerprint density at radius 1 is 1.34 bits per heavy atom. The third-order valence-electron chi connectivity index (χ3n) is 5.29. The maximum atomic E-state index is 12.1. The van der Waals surface area contributed by atoms with Crippen LogP contribution in [0.15, 0.2) is 23.2 Å². The Bertz CT molecular complexity index is 901. The van der Waals surface area contributed by atoms with Crippen molar-refractivity contribution < 1.29 is 24.5 Å². The number of hydrogen-bond donors (Lipinski definition) is 5. The predicted octanol–water partition coefficient (Wildman–Crippen LogP) is 1.64. The van der Waals surface area contributed by atoms with Crippen molar-refractivity contribution in [3.05, 3.63) is 33.8 Å². The van der Waals surface area contributed by atoms with Gasteiger partial charge in [-0.3, -0.25) is 15.0 Å². The number of halogens is 2. The van der Waals surface area contributed by atoms with Crippen molar-refractivity contribution >= 4 is 58.4 Å². The summed E-state index contributed by atoms with van der Waals surface area (Å²) in [4.78, 5) is 27.3. The van der Waals surface area contributed by atoms with Gasteiger partial charge in [0.1, 0.15) is 11.9 Å². The van der Waals surface area contributed by atoms with E-state index in [9.17, 15) is 19.8 Å². The van der Waals surface area contributed by atoms with Crippen LogP contribution in [0.3, 0.4) is 0 Å². The zero-order chi connectivity index (χ0) is 21.5. The van der Waals surface area contributed by atoms with Crippen molar-refractivity contribution in [2.45, 2.75) is 23.5 Å². The van der Waals surface area contributed by atoms with Crippen LogP contribution >= 0.6 is 35.0 Å². The van der Waals surface area contributed by atoms with Crippen LogP contribution in [0.4, 0.5) is 0 Å². The number of nitrogens with two attached hydrogens (primary N) is 2. The number of nitrogens with one attached hydrogen (secondary N) is 1. The van der Waals surface area contributed by atoms with Crippen molar-refractivity contribution in [3.63, 3.8) is 0 Å². The minimum absolute atomic E-state index is 0.00225. The molecule has 0 aromatic heterocycles. The van der Waals surface area contributed by atoms with E-state index in [0.29, 0.717) is 15.6 Å². The number of amidine groups is 1. The van der Waals surface area contributed by atoms with Crippen LogP contribution in [0, 0.1) is 23.2 Å². The summed E-state index contributed by atoms with van der Waals surface area (Å²) in [5, 5.41) is 26.3. The van der Waals surface area contributed by atoms with Crippen molar-refractivity contribution in [1.29, 1.82) is 5.41 Å². The molecule has 2 aliphatic rings. The fourth-order valence-corrected chi connectivity index (χ4v) is 5.66. The highest BCUT2D eigenvalue weighted by atomic mass is 35.5. The first-order valence-corrected chi connectivity index (χ1v) is 10.1. The van der Waals surface area contributed by atoms with Gasteiger partial charge in [0.25, 0.3) is 0 Å². The summed E-state index contributed by atoms with van der Waals surface area (Å²) >= 11 is 12.9. The second kappa shape index (κ2) is 8.11. The lowest BCUT2D eigenvalue weighted by molar-refractivity contribution is -0.152. The summed E-state index contributed by atoms with van der Waals surface area (Å²) in [5.41, 5.74) is 10.8. The van der Waals surface area contributed by atoms with Gasteiger partial charge in [-0.05, 0) is 23.6 Å². The minimum Gasteiger partial charge on any atom is -0.481 e. The molecule has 1 aromatic carbocycles. The van der Waals surface area contributed by atoms with Crippen LogP contribution < -0.4 is 11.5 Å². The summed E-state index contributed by atoms with van der Waals surface area (Å²) in [6, 6.07) is 4.85. The Morgan fingerprint density at radius 2 is 2.03 bits per heavy atom. The first-order valence-electron chi connectivity index (χ1n) is 8.42. The van der Waals surface area contributed by atoms with Crippen LogP contribution in [0.1, 0.15) is 5.56 Å². The number of aliphatic carboxylic acids is 2. The van der Waals surface area contributed by atoms with E-state index < -0.39 is 46.6 Å². The Balaban J connectivity index is 1.90. The molecule has 6 unspecified atom stereocenters. The SMILES string of the molecule is N=CN=C(N)SC1C2C(C(=O)O)C2C(N)(C(=O)O)C1OCc1ccc(Cl)c(Cl)c1. The average Bonchev–Trinajstić information content (AvgIpc) is 3.34. The highest BCUT2D eigenvalue weighted by molar-refractivity contribution is 8.14. The zero-order valence-corrected chi connectivity index (χ0v) is 17.1. The van der Waals surface area contributed by atoms with Gasteiger partial charge in [0, 0.05) is 11.2 Å². The Morgan fingerprint density at radius 3 is 2.59 bits per heavy atom. The van der Waals surface area contributed by atoms with Gasteiger partial charge in [0.05, 0.1) is 28.7 Å². The molecule has 2 fully saturated rings. The summed E-state index contributed by atoms with van der Waals surface area (Å²) in [6.45, 7) is -0.0103. The van der Waals surface area contributed by atoms with Crippen molar-refractivity contribution in [2.24, 2.45) is 34.2 Å².